The summed E-state index contributed by atoms with van der Waals surface area (Å²) in [5, 5.41) is 2.15. The summed E-state index contributed by atoms with van der Waals surface area (Å²) in [7, 11) is 2.20. The van der Waals surface area contributed by atoms with Crippen molar-refractivity contribution >= 4 is 27.6 Å². The van der Waals surface area contributed by atoms with Gasteiger partial charge in [0, 0.05) is 34.9 Å². The van der Waals surface area contributed by atoms with Crippen LogP contribution >= 0.6 is 0 Å². The summed E-state index contributed by atoms with van der Waals surface area (Å²) in [5.41, 5.74) is 13.3. The van der Waals surface area contributed by atoms with Crippen molar-refractivity contribution in [3.05, 3.63) is 94.0 Å². The van der Waals surface area contributed by atoms with Crippen LogP contribution in [0, 0.1) is 27.3 Å². The minimum absolute atomic E-state index is 0.458. The number of aryl methyl sites for hydroxylation is 2. The van der Waals surface area contributed by atoms with E-state index in [9.17, 15) is 0 Å². The van der Waals surface area contributed by atoms with Crippen molar-refractivity contribution < 1.29 is 8.98 Å². The number of nitrogens with zero attached hydrogens (tertiary/aromatic N) is 2. The molecule has 0 aliphatic heterocycles. The summed E-state index contributed by atoms with van der Waals surface area (Å²) in [6.45, 7) is 19.0. The maximum atomic E-state index is 7.91. The molecule has 0 N–H and O–H groups in total. The summed E-state index contributed by atoms with van der Waals surface area (Å²) >= 11 is 0. The second kappa shape index (κ2) is 9.69. The smallest absolute Gasteiger partial charge is 0.216 e. The molecule has 0 unspecified atom stereocenters. The van der Waals surface area contributed by atoms with Crippen LogP contribution in [-0.4, -0.2) is 0 Å². The SMILES string of the molecule is [C-]#[N+]c1ccc2c(oc3c(-c4cc(C)c(C5CCCC5)c(C)[n+]4C)c(C)ccc32)c1-c1ccc(C(C)C)cc1. The van der Waals surface area contributed by atoms with E-state index in [4.69, 9.17) is 11.0 Å². The molecule has 0 amide bonds. The van der Waals surface area contributed by atoms with Gasteiger partial charge in [-0.25, -0.2) is 4.85 Å². The Hall–Kier alpha value is -3.90. The van der Waals surface area contributed by atoms with Crippen LogP contribution in [0.2, 0.25) is 0 Å². The fraction of sp³-hybridized carbons (Fsp3) is 0.333. The van der Waals surface area contributed by atoms with Gasteiger partial charge in [-0.2, -0.15) is 4.57 Å². The fourth-order valence-electron chi connectivity index (χ4n) is 6.81. The van der Waals surface area contributed by atoms with Crippen LogP contribution in [0.1, 0.15) is 79.3 Å². The monoisotopic (exact) mass is 513 g/mol. The Morgan fingerprint density at radius 3 is 2.13 bits per heavy atom. The second-order valence-electron chi connectivity index (χ2n) is 11.7. The van der Waals surface area contributed by atoms with Crippen molar-refractivity contribution in [1.29, 1.82) is 0 Å². The maximum Gasteiger partial charge on any atom is 0.216 e. The average molecular weight is 514 g/mol. The van der Waals surface area contributed by atoms with E-state index in [0.29, 0.717) is 17.5 Å². The highest BCUT2D eigenvalue weighted by molar-refractivity contribution is 6.15. The Labute approximate surface area is 231 Å². The number of rotatable bonds is 4. The predicted molar refractivity (Wildman–Crippen MR) is 162 cm³/mol. The molecule has 1 aliphatic carbocycles. The van der Waals surface area contributed by atoms with Crippen LogP contribution in [0.5, 0.6) is 0 Å². The number of pyridine rings is 1. The van der Waals surface area contributed by atoms with E-state index in [-0.39, 0.29) is 0 Å². The molecule has 39 heavy (non-hydrogen) atoms. The van der Waals surface area contributed by atoms with Crippen molar-refractivity contribution in [2.45, 2.75) is 72.1 Å². The van der Waals surface area contributed by atoms with Gasteiger partial charge in [-0.3, -0.25) is 0 Å². The highest BCUT2D eigenvalue weighted by Gasteiger charge is 2.29. The fourth-order valence-corrected chi connectivity index (χ4v) is 6.81. The van der Waals surface area contributed by atoms with Crippen molar-refractivity contribution in [2.24, 2.45) is 7.05 Å². The van der Waals surface area contributed by atoms with Crippen LogP contribution in [0.25, 0.3) is 49.2 Å². The topological polar surface area (TPSA) is 21.4 Å². The molecule has 2 aromatic heterocycles. The van der Waals surface area contributed by atoms with Crippen LogP contribution in [-0.2, 0) is 7.05 Å². The van der Waals surface area contributed by atoms with Gasteiger partial charge in [-0.15, -0.1) is 0 Å². The molecular weight excluding hydrogens is 476 g/mol. The van der Waals surface area contributed by atoms with E-state index >= 15 is 0 Å². The number of aromatic nitrogens is 1. The van der Waals surface area contributed by atoms with E-state index in [2.05, 4.69) is 99.6 Å². The van der Waals surface area contributed by atoms with Crippen LogP contribution < -0.4 is 4.57 Å². The number of furan rings is 1. The normalized spacial score (nSPS) is 14.1. The molecule has 5 aromatic rings. The molecular formula is C36H37N2O+. The zero-order valence-corrected chi connectivity index (χ0v) is 24.0. The molecule has 1 aliphatic rings. The molecule has 1 saturated carbocycles. The summed E-state index contributed by atoms with van der Waals surface area (Å²) in [4.78, 5) is 3.89. The highest BCUT2D eigenvalue weighted by Crippen LogP contribution is 2.45. The number of hydrogen-bond acceptors (Lipinski definition) is 1. The van der Waals surface area contributed by atoms with Gasteiger partial charge in [0.15, 0.2) is 11.4 Å². The van der Waals surface area contributed by atoms with Crippen molar-refractivity contribution in [3.63, 3.8) is 0 Å². The molecule has 0 bridgehead atoms. The maximum absolute atomic E-state index is 7.91. The molecule has 2 heterocycles. The molecule has 0 radical (unpaired) electrons. The Morgan fingerprint density at radius 1 is 0.846 bits per heavy atom. The third-order valence-corrected chi connectivity index (χ3v) is 9.03. The number of benzene rings is 3. The molecule has 0 spiro atoms. The van der Waals surface area contributed by atoms with Crippen molar-refractivity contribution in [3.8, 4) is 22.4 Å². The third kappa shape index (κ3) is 4.05. The van der Waals surface area contributed by atoms with E-state index in [0.717, 1.165) is 38.6 Å². The molecule has 196 valence electrons. The quantitative estimate of drug-likeness (QED) is 0.173. The average Bonchev–Trinajstić information content (AvgIpc) is 3.59. The first-order chi connectivity index (χ1) is 18.8. The largest absolute Gasteiger partial charge is 0.456 e. The van der Waals surface area contributed by atoms with E-state index in [1.165, 1.54) is 59.3 Å². The lowest BCUT2D eigenvalue weighted by molar-refractivity contribution is -0.667. The summed E-state index contributed by atoms with van der Waals surface area (Å²) in [6.07, 6.45) is 5.26. The lowest BCUT2D eigenvalue weighted by atomic mass is 9.90. The Bertz CT molecular complexity index is 1770. The first-order valence-electron chi connectivity index (χ1n) is 14.3. The molecule has 3 aromatic carbocycles. The zero-order chi connectivity index (χ0) is 27.4. The van der Waals surface area contributed by atoms with Crippen molar-refractivity contribution in [1.82, 2.24) is 0 Å². The predicted octanol–water partition coefficient (Wildman–Crippen LogP) is 10.0. The summed E-state index contributed by atoms with van der Waals surface area (Å²) in [5.74, 6) is 1.13. The van der Waals surface area contributed by atoms with E-state index in [1.54, 1.807) is 0 Å². The van der Waals surface area contributed by atoms with Gasteiger partial charge in [0.1, 0.15) is 18.2 Å². The standard InChI is InChI=1S/C36H37N2O/c1-21(2)25-13-15-27(16-14-25)34-30(37-6)19-18-29-28-17-12-22(3)33(35(28)39-36(29)34)31-20-23(4)32(24(5)38(31)7)26-10-8-9-11-26/h12-21,26H,8-11H2,1-5,7H3/q+1. The third-order valence-electron chi connectivity index (χ3n) is 9.03. The summed E-state index contributed by atoms with van der Waals surface area (Å²) < 4.78 is 9.20. The Kier molecular flexibility index (Phi) is 6.31. The molecule has 6 rings (SSSR count). The molecule has 1 fully saturated rings. The van der Waals surface area contributed by atoms with Gasteiger partial charge >= 0.3 is 0 Å². The van der Waals surface area contributed by atoms with Crippen molar-refractivity contribution in [2.75, 3.05) is 0 Å². The lowest BCUT2D eigenvalue weighted by Gasteiger charge is -2.17. The molecule has 3 heteroatoms. The van der Waals surface area contributed by atoms with Gasteiger partial charge in [-0.1, -0.05) is 75.2 Å². The zero-order valence-electron chi connectivity index (χ0n) is 24.0. The molecule has 0 saturated heterocycles. The van der Waals surface area contributed by atoms with Crippen LogP contribution in [0.3, 0.4) is 0 Å². The Balaban J connectivity index is 1.61. The Morgan fingerprint density at radius 2 is 1.49 bits per heavy atom. The molecule has 0 atom stereocenters. The van der Waals surface area contributed by atoms with Gasteiger partial charge in [0.05, 0.1) is 12.1 Å². The minimum atomic E-state index is 0.458. The minimum Gasteiger partial charge on any atom is -0.456 e. The van der Waals surface area contributed by atoms with Crippen LogP contribution in [0.15, 0.2) is 59.0 Å². The van der Waals surface area contributed by atoms with E-state index < -0.39 is 0 Å². The highest BCUT2D eigenvalue weighted by atomic mass is 16.3. The number of hydrogen-bond donors (Lipinski definition) is 0. The second-order valence-corrected chi connectivity index (χ2v) is 11.7. The van der Waals surface area contributed by atoms with Gasteiger partial charge in [0.2, 0.25) is 5.69 Å². The number of fused-ring (bicyclic) bond motifs is 3. The first-order valence-corrected chi connectivity index (χ1v) is 14.3. The lowest BCUT2D eigenvalue weighted by Crippen LogP contribution is -2.37. The van der Waals surface area contributed by atoms with E-state index in [1.807, 2.05) is 6.07 Å². The van der Waals surface area contributed by atoms with Gasteiger partial charge in [-0.05, 0) is 60.8 Å². The first kappa shape index (κ1) is 25.4. The van der Waals surface area contributed by atoms with Crippen LogP contribution in [0.4, 0.5) is 5.69 Å². The summed E-state index contributed by atoms with van der Waals surface area (Å²) in [6, 6.07) is 19.4. The van der Waals surface area contributed by atoms with Gasteiger partial charge in [0.25, 0.3) is 0 Å². The molecule has 3 nitrogen and oxygen atoms in total. The van der Waals surface area contributed by atoms with Gasteiger partial charge < -0.3 is 4.42 Å².